The first kappa shape index (κ1) is 12.0. The molecule has 1 aromatic carbocycles. The summed E-state index contributed by atoms with van der Waals surface area (Å²) in [6.45, 7) is 5.34. The Hall–Kier alpha value is -1.51. The van der Waals surface area contributed by atoms with Crippen LogP contribution in [-0.4, -0.2) is 23.7 Å². The van der Waals surface area contributed by atoms with Crippen LogP contribution in [0.4, 0.5) is 5.69 Å². The van der Waals surface area contributed by atoms with E-state index in [9.17, 15) is 4.79 Å². The topological polar surface area (TPSA) is 40.5 Å². The van der Waals surface area contributed by atoms with Crippen molar-refractivity contribution in [2.45, 2.75) is 32.7 Å². The number of benzene rings is 1. The maximum absolute atomic E-state index is 11.0. The van der Waals surface area contributed by atoms with Crippen LogP contribution >= 0.6 is 0 Å². The molecule has 0 saturated heterocycles. The molecule has 17 heavy (non-hydrogen) atoms. The molecule has 0 aliphatic heterocycles. The molecule has 1 N–H and O–H groups in total. The van der Waals surface area contributed by atoms with Crippen molar-refractivity contribution >= 4 is 11.7 Å². The van der Waals surface area contributed by atoms with Crippen molar-refractivity contribution in [3.8, 4) is 0 Å². The fraction of sp³-hybridized carbons (Fsp3) is 0.500. The van der Waals surface area contributed by atoms with Crippen LogP contribution in [0.1, 0.15) is 37.0 Å². The van der Waals surface area contributed by atoms with Crippen molar-refractivity contribution in [2.75, 3.05) is 11.4 Å². The molecule has 3 nitrogen and oxygen atoms in total. The van der Waals surface area contributed by atoms with Gasteiger partial charge in [0.15, 0.2) is 0 Å². The van der Waals surface area contributed by atoms with Gasteiger partial charge in [0.1, 0.15) is 0 Å². The Kier molecular flexibility index (Phi) is 3.36. The SMILES string of the molecule is CC(C)N(CC1CC1)c1cccc(C(=O)O)c1. The van der Waals surface area contributed by atoms with Gasteiger partial charge in [-0.25, -0.2) is 4.79 Å². The third kappa shape index (κ3) is 2.99. The standard InChI is InChI=1S/C14H19NO2/c1-10(2)15(9-11-6-7-11)13-5-3-4-12(8-13)14(16)17/h3-5,8,10-11H,6-7,9H2,1-2H3,(H,16,17). The van der Waals surface area contributed by atoms with Gasteiger partial charge in [0, 0.05) is 18.3 Å². The fourth-order valence-corrected chi connectivity index (χ4v) is 2.01. The van der Waals surface area contributed by atoms with Crippen LogP contribution in [0.15, 0.2) is 24.3 Å². The van der Waals surface area contributed by atoms with Crippen LogP contribution < -0.4 is 4.90 Å². The van der Waals surface area contributed by atoms with E-state index < -0.39 is 5.97 Å². The number of hydrogen-bond donors (Lipinski definition) is 1. The van der Waals surface area contributed by atoms with E-state index in [4.69, 9.17) is 5.11 Å². The molecule has 1 aromatic rings. The summed E-state index contributed by atoms with van der Waals surface area (Å²) in [6, 6.07) is 7.63. The molecule has 1 saturated carbocycles. The van der Waals surface area contributed by atoms with Crippen LogP contribution in [0, 0.1) is 5.92 Å². The average molecular weight is 233 g/mol. The first-order chi connectivity index (χ1) is 8.08. The van der Waals surface area contributed by atoms with Gasteiger partial charge < -0.3 is 10.0 Å². The van der Waals surface area contributed by atoms with E-state index in [1.54, 1.807) is 12.1 Å². The number of carboxylic acids is 1. The number of nitrogens with zero attached hydrogens (tertiary/aromatic N) is 1. The van der Waals surface area contributed by atoms with Crippen LogP contribution in [0.2, 0.25) is 0 Å². The lowest BCUT2D eigenvalue weighted by atomic mass is 10.1. The lowest BCUT2D eigenvalue weighted by Gasteiger charge is -2.29. The minimum Gasteiger partial charge on any atom is -0.478 e. The number of hydrogen-bond acceptors (Lipinski definition) is 2. The van der Waals surface area contributed by atoms with Gasteiger partial charge in [-0.1, -0.05) is 6.07 Å². The Morgan fingerprint density at radius 3 is 2.71 bits per heavy atom. The third-order valence-electron chi connectivity index (χ3n) is 3.20. The van der Waals surface area contributed by atoms with Gasteiger partial charge in [-0.05, 0) is 50.8 Å². The van der Waals surface area contributed by atoms with Crippen LogP contribution in [0.3, 0.4) is 0 Å². The molecule has 0 heterocycles. The second-order valence-electron chi connectivity index (χ2n) is 5.04. The van der Waals surface area contributed by atoms with Crippen LogP contribution in [0.5, 0.6) is 0 Å². The van der Waals surface area contributed by atoms with E-state index in [1.165, 1.54) is 12.8 Å². The summed E-state index contributed by atoms with van der Waals surface area (Å²) in [5.74, 6) is -0.0622. The van der Waals surface area contributed by atoms with Gasteiger partial charge in [-0.3, -0.25) is 0 Å². The maximum Gasteiger partial charge on any atom is 0.335 e. The Balaban J connectivity index is 2.21. The second-order valence-corrected chi connectivity index (χ2v) is 5.04. The van der Waals surface area contributed by atoms with E-state index in [-0.39, 0.29) is 0 Å². The summed E-state index contributed by atoms with van der Waals surface area (Å²) < 4.78 is 0. The number of aromatic carboxylic acids is 1. The highest BCUT2D eigenvalue weighted by molar-refractivity contribution is 5.88. The lowest BCUT2D eigenvalue weighted by molar-refractivity contribution is 0.0697. The van der Waals surface area contributed by atoms with Gasteiger partial charge in [0.2, 0.25) is 0 Å². The molecular weight excluding hydrogens is 214 g/mol. The van der Waals surface area contributed by atoms with Gasteiger partial charge in [0.25, 0.3) is 0 Å². The van der Waals surface area contributed by atoms with Crippen LogP contribution in [-0.2, 0) is 0 Å². The van der Waals surface area contributed by atoms with Crippen molar-refractivity contribution in [1.82, 2.24) is 0 Å². The maximum atomic E-state index is 11.0. The highest BCUT2D eigenvalue weighted by Crippen LogP contribution is 2.32. The minimum absolute atomic E-state index is 0.365. The van der Waals surface area contributed by atoms with E-state index in [2.05, 4.69) is 18.7 Å². The molecule has 0 unspecified atom stereocenters. The predicted molar refractivity (Wildman–Crippen MR) is 68.6 cm³/mol. The monoisotopic (exact) mass is 233 g/mol. The summed E-state index contributed by atoms with van der Waals surface area (Å²) in [6.07, 6.45) is 2.61. The Bertz CT molecular complexity index is 410. The highest BCUT2D eigenvalue weighted by atomic mass is 16.4. The number of rotatable bonds is 5. The van der Waals surface area contributed by atoms with E-state index >= 15 is 0 Å². The molecule has 2 rings (SSSR count). The first-order valence-corrected chi connectivity index (χ1v) is 6.18. The third-order valence-corrected chi connectivity index (χ3v) is 3.20. The Labute approximate surface area is 102 Å². The van der Waals surface area contributed by atoms with Crippen molar-refractivity contribution in [3.05, 3.63) is 29.8 Å². The van der Waals surface area contributed by atoms with E-state index in [1.807, 2.05) is 12.1 Å². The number of carboxylic acid groups (broad SMARTS) is 1. The molecule has 1 fully saturated rings. The van der Waals surface area contributed by atoms with E-state index in [0.29, 0.717) is 11.6 Å². The molecule has 0 atom stereocenters. The molecule has 0 radical (unpaired) electrons. The van der Waals surface area contributed by atoms with Crippen molar-refractivity contribution in [2.24, 2.45) is 5.92 Å². The molecular formula is C14H19NO2. The molecule has 0 bridgehead atoms. The molecule has 0 spiro atoms. The minimum atomic E-state index is -0.859. The van der Waals surface area contributed by atoms with Crippen molar-refractivity contribution in [1.29, 1.82) is 0 Å². The zero-order valence-corrected chi connectivity index (χ0v) is 10.4. The summed E-state index contributed by atoms with van der Waals surface area (Å²) in [5, 5.41) is 9.01. The zero-order valence-electron chi connectivity index (χ0n) is 10.4. The van der Waals surface area contributed by atoms with Crippen molar-refractivity contribution in [3.63, 3.8) is 0 Å². The molecule has 92 valence electrons. The second kappa shape index (κ2) is 4.78. The lowest BCUT2D eigenvalue weighted by Crippen LogP contribution is -2.32. The average Bonchev–Trinajstić information content (AvgIpc) is 3.09. The van der Waals surface area contributed by atoms with E-state index in [0.717, 1.165) is 18.2 Å². The molecule has 0 aromatic heterocycles. The zero-order chi connectivity index (χ0) is 12.4. The van der Waals surface area contributed by atoms with Gasteiger partial charge in [-0.15, -0.1) is 0 Å². The molecule has 0 amide bonds. The fourth-order valence-electron chi connectivity index (χ4n) is 2.01. The Morgan fingerprint density at radius 1 is 1.47 bits per heavy atom. The normalized spacial score (nSPS) is 15.0. The number of anilines is 1. The summed E-state index contributed by atoms with van der Waals surface area (Å²) in [7, 11) is 0. The van der Waals surface area contributed by atoms with Gasteiger partial charge >= 0.3 is 5.97 Å². The molecule has 3 heteroatoms. The predicted octanol–water partition coefficient (Wildman–Crippen LogP) is 3.01. The molecule has 1 aliphatic rings. The quantitative estimate of drug-likeness (QED) is 0.849. The summed E-state index contributed by atoms with van der Waals surface area (Å²) >= 11 is 0. The van der Waals surface area contributed by atoms with Crippen molar-refractivity contribution < 1.29 is 9.90 Å². The van der Waals surface area contributed by atoms with Crippen LogP contribution in [0.25, 0.3) is 0 Å². The largest absolute Gasteiger partial charge is 0.478 e. The van der Waals surface area contributed by atoms with Gasteiger partial charge in [0.05, 0.1) is 5.56 Å². The van der Waals surface area contributed by atoms with Gasteiger partial charge in [-0.2, -0.15) is 0 Å². The summed E-state index contributed by atoms with van der Waals surface area (Å²) in [5.41, 5.74) is 1.38. The highest BCUT2D eigenvalue weighted by Gasteiger charge is 2.25. The molecule has 1 aliphatic carbocycles. The Morgan fingerprint density at radius 2 is 2.18 bits per heavy atom. The number of carbonyl (C=O) groups is 1. The first-order valence-electron chi connectivity index (χ1n) is 6.18. The smallest absolute Gasteiger partial charge is 0.335 e. The summed E-state index contributed by atoms with van der Waals surface area (Å²) in [4.78, 5) is 13.3.